The van der Waals surface area contributed by atoms with Crippen molar-refractivity contribution in [3.05, 3.63) is 92.7 Å². The Morgan fingerprint density at radius 2 is 1.00 bits per heavy atom. The predicted octanol–water partition coefficient (Wildman–Crippen LogP) is 4.53. The summed E-state index contributed by atoms with van der Waals surface area (Å²) in [5.41, 5.74) is 1.49. The molecular formula is C24H16O4S. The Hall–Kier alpha value is -3.18. The Kier molecular flexibility index (Phi) is 3.96. The quantitative estimate of drug-likeness (QED) is 0.606. The van der Waals surface area contributed by atoms with Crippen LogP contribution in [0, 0.1) is 18.8 Å². The Balaban J connectivity index is 1.67. The minimum Gasteiger partial charge on any atom is -0.293 e. The number of fused-ring (bicyclic) bond motifs is 2. The van der Waals surface area contributed by atoms with Gasteiger partial charge in [0, 0.05) is 37.9 Å². The number of benzene rings is 2. The van der Waals surface area contributed by atoms with E-state index < -0.39 is 17.8 Å². The summed E-state index contributed by atoms with van der Waals surface area (Å²) in [6.07, 6.45) is 0. The fourth-order valence-corrected chi connectivity index (χ4v) is 5.59. The number of carbonyl (C=O) groups is 4. The third-order valence-electron chi connectivity index (χ3n) is 5.85. The molecule has 0 bridgehead atoms. The number of carbonyl (C=O) groups excluding carboxylic acids is 4. The molecule has 0 spiro atoms. The second-order valence-corrected chi connectivity index (χ2v) is 8.80. The highest BCUT2D eigenvalue weighted by atomic mass is 32.1. The second kappa shape index (κ2) is 6.42. The van der Waals surface area contributed by atoms with Crippen LogP contribution in [0.4, 0.5) is 0 Å². The van der Waals surface area contributed by atoms with Crippen LogP contribution < -0.4 is 0 Å². The van der Waals surface area contributed by atoms with Crippen molar-refractivity contribution in [1.82, 2.24) is 0 Å². The van der Waals surface area contributed by atoms with Crippen LogP contribution in [0.5, 0.6) is 0 Å². The minimum absolute atomic E-state index is 0.307. The smallest absolute Gasteiger partial charge is 0.175 e. The van der Waals surface area contributed by atoms with Gasteiger partial charge in [0.1, 0.15) is 0 Å². The average Bonchev–Trinajstić information content (AvgIpc) is 3.35. The van der Waals surface area contributed by atoms with Crippen molar-refractivity contribution in [2.75, 3.05) is 0 Å². The first-order valence-electron chi connectivity index (χ1n) is 9.40. The number of hydrogen-bond donors (Lipinski definition) is 0. The summed E-state index contributed by atoms with van der Waals surface area (Å²) in [5.74, 6) is -4.14. The molecule has 0 atom stereocenters. The molecule has 0 aliphatic heterocycles. The molecule has 2 aliphatic carbocycles. The summed E-state index contributed by atoms with van der Waals surface area (Å²) >= 11 is 1.43. The molecule has 0 N–H and O–H groups in total. The first-order valence-corrected chi connectivity index (χ1v) is 10.2. The van der Waals surface area contributed by atoms with Crippen LogP contribution in [0.15, 0.2) is 60.7 Å². The van der Waals surface area contributed by atoms with Gasteiger partial charge >= 0.3 is 0 Å². The van der Waals surface area contributed by atoms with E-state index in [1.165, 1.54) is 11.3 Å². The molecular weight excluding hydrogens is 384 g/mol. The lowest BCUT2D eigenvalue weighted by Crippen LogP contribution is -2.34. The van der Waals surface area contributed by atoms with E-state index in [9.17, 15) is 19.2 Å². The van der Waals surface area contributed by atoms with E-state index >= 15 is 0 Å². The van der Waals surface area contributed by atoms with Crippen LogP contribution in [0.1, 0.15) is 57.1 Å². The molecule has 0 amide bonds. The van der Waals surface area contributed by atoms with Gasteiger partial charge in [0.2, 0.25) is 0 Å². The average molecular weight is 400 g/mol. The molecule has 29 heavy (non-hydrogen) atoms. The molecule has 3 aromatic rings. The molecule has 0 radical (unpaired) electrons. The van der Waals surface area contributed by atoms with Gasteiger partial charge in [-0.15, -0.1) is 11.3 Å². The van der Waals surface area contributed by atoms with Gasteiger partial charge in [0.05, 0.1) is 11.8 Å². The molecule has 0 unspecified atom stereocenters. The maximum atomic E-state index is 13.2. The predicted molar refractivity (Wildman–Crippen MR) is 109 cm³/mol. The Labute approximate surface area is 171 Å². The van der Waals surface area contributed by atoms with Crippen LogP contribution in [-0.4, -0.2) is 23.1 Å². The highest BCUT2D eigenvalue weighted by Gasteiger charge is 2.53. The second-order valence-electron chi connectivity index (χ2n) is 7.48. The fourth-order valence-electron chi connectivity index (χ4n) is 4.54. The molecule has 0 saturated heterocycles. The molecule has 0 fully saturated rings. The molecule has 1 heterocycles. The van der Waals surface area contributed by atoms with E-state index in [0.717, 1.165) is 9.75 Å². The van der Waals surface area contributed by atoms with Gasteiger partial charge in [-0.05, 0) is 19.1 Å². The maximum absolute atomic E-state index is 13.2. The Morgan fingerprint density at radius 3 is 1.31 bits per heavy atom. The normalized spacial score (nSPS) is 16.8. The van der Waals surface area contributed by atoms with E-state index in [0.29, 0.717) is 22.3 Å². The van der Waals surface area contributed by atoms with Gasteiger partial charge < -0.3 is 0 Å². The van der Waals surface area contributed by atoms with Crippen molar-refractivity contribution in [3.8, 4) is 0 Å². The van der Waals surface area contributed by atoms with Gasteiger partial charge in [-0.25, -0.2) is 0 Å². The minimum atomic E-state index is -1.06. The topological polar surface area (TPSA) is 68.3 Å². The summed E-state index contributed by atoms with van der Waals surface area (Å²) in [6.45, 7) is 1.92. The van der Waals surface area contributed by atoms with E-state index in [1.54, 1.807) is 48.5 Å². The van der Waals surface area contributed by atoms with Crippen molar-refractivity contribution < 1.29 is 19.2 Å². The molecule has 142 valence electrons. The summed E-state index contributed by atoms with van der Waals surface area (Å²) in [5, 5.41) is 0. The SMILES string of the molecule is Cc1ccc(C(C2C(=O)c3ccccc3C2=O)C2C(=O)c3ccccc3C2=O)s1. The number of ketones is 4. The molecule has 5 rings (SSSR count). The first-order chi connectivity index (χ1) is 14.0. The summed E-state index contributed by atoms with van der Waals surface area (Å²) in [4.78, 5) is 54.7. The number of thiophene rings is 1. The number of rotatable bonds is 3. The molecule has 4 nitrogen and oxygen atoms in total. The van der Waals surface area contributed by atoms with Gasteiger partial charge in [0.15, 0.2) is 23.1 Å². The highest BCUT2D eigenvalue weighted by molar-refractivity contribution is 7.12. The lowest BCUT2D eigenvalue weighted by atomic mass is 9.75. The van der Waals surface area contributed by atoms with Crippen LogP contribution in [0.2, 0.25) is 0 Å². The maximum Gasteiger partial charge on any atom is 0.175 e. The zero-order chi connectivity index (χ0) is 20.3. The fraction of sp³-hybridized carbons (Fsp3) is 0.167. The van der Waals surface area contributed by atoms with Crippen molar-refractivity contribution in [2.45, 2.75) is 12.8 Å². The number of aryl methyl sites for hydroxylation is 1. The zero-order valence-electron chi connectivity index (χ0n) is 15.5. The van der Waals surface area contributed by atoms with Crippen LogP contribution in [0.3, 0.4) is 0 Å². The van der Waals surface area contributed by atoms with Crippen molar-refractivity contribution in [1.29, 1.82) is 0 Å². The largest absolute Gasteiger partial charge is 0.293 e. The summed E-state index contributed by atoms with van der Waals surface area (Å²) in [6, 6.07) is 17.2. The van der Waals surface area contributed by atoms with Crippen LogP contribution >= 0.6 is 11.3 Å². The van der Waals surface area contributed by atoms with Crippen LogP contribution in [0.25, 0.3) is 0 Å². The van der Waals surface area contributed by atoms with Gasteiger partial charge in [-0.1, -0.05) is 48.5 Å². The lowest BCUT2D eigenvalue weighted by molar-refractivity contribution is 0.0731. The van der Waals surface area contributed by atoms with Crippen molar-refractivity contribution >= 4 is 34.5 Å². The van der Waals surface area contributed by atoms with Crippen molar-refractivity contribution in [3.63, 3.8) is 0 Å². The number of Topliss-reactive ketones (excluding diaryl/α,β-unsaturated/α-hetero) is 4. The zero-order valence-corrected chi connectivity index (χ0v) is 16.4. The van der Waals surface area contributed by atoms with Gasteiger partial charge in [-0.2, -0.15) is 0 Å². The summed E-state index contributed by atoms with van der Waals surface area (Å²) in [7, 11) is 0. The first kappa shape index (κ1) is 17.9. The molecule has 5 heteroatoms. The Bertz CT molecular complexity index is 1070. The van der Waals surface area contributed by atoms with Gasteiger partial charge in [-0.3, -0.25) is 19.2 Å². The molecule has 1 aromatic heterocycles. The molecule has 2 aliphatic rings. The van der Waals surface area contributed by atoms with Crippen LogP contribution in [-0.2, 0) is 0 Å². The van der Waals surface area contributed by atoms with E-state index in [4.69, 9.17) is 0 Å². The number of hydrogen-bond acceptors (Lipinski definition) is 5. The standard InChI is InChI=1S/C24H16O4S/c1-12-10-11-17(29-12)18(19-21(25)13-6-2-3-7-14(13)22(19)26)20-23(27)15-8-4-5-9-16(15)24(20)28/h2-11,18-20H,1H3. The Morgan fingerprint density at radius 1 is 0.621 bits per heavy atom. The summed E-state index contributed by atoms with van der Waals surface area (Å²) < 4.78 is 0. The van der Waals surface area contributed by atoms with E-state index in [1.807, 2.05) is 19.1 Å². The third-order valence-corrected chi connectivity index (χ3v) is 6.96. The van der Waals surface area contributed by atoms with Crippen molar-refractivity contribution in [2.24, 2.45) is 11.8 Å². The van der Waals surface area contributed by atoms with E-state index in [2.05, 4.69) is 0 Å². The van der Waals surface area contributed by atoms with E-state index in [-0.39, 0.29) is 23.1 Å². The monoisotopic (exact) mass is 400 g/mol. The van der Waals surface area contributed by atoms with Gasteiger partial charge in [0.25, 0.3) is 0 Å². The highest BCUT2D eigenvalue weighted by Crippen LogP contribution is 2.47. The lowest BCUT2D eigenvalue weighted by Gasteiger charge is -2.24. The third kappa shape index (κ3) is 2.51. The molecule has 0 saturated carbocycles. The molecule has 2 aromatic carbocycles.